The number of rotatable bonds is 4. The number of hydrogen-bond donors (Lipinski definition) is 2. The van der Waals surface area contributed by atoms with Crippen LogP contribution in [0.3, 0.4) is 0 Å². The molecule has 2 N–H and O–H groups in total. The molecule has 100 valence electrons. The van der Waals surface area contributed by atoms with Gasteiger partial charge in [-0.3, -0.25) is 19.3 Å². The monoisotopic (exact) mass is 262 g/mol. The van der Waals surface area contributed by atoms with Gasteiger partial charge in [0, 0.05) is 25.8 Å². The number of nitrogens with one attached hydrogen (secondary N) is 1. The van der Waals surface area contributed by atoms with Gasteiger partial charge in [-0.25, -0.2) is 0 Å². The largest absolute Gasteiger partial charge is 0.506 e. The highest BCUT2D eigenvalue weighted by molar-refractivity contribution is 6.02. The van der Waals surface area contributed by atoms with E-state index in [9.17, 15) is 19.5 Å². The summed E-state index contributed by atoms with van der Waals surface area (Å²) in [5, 5.41) is 12.0. The predicted octanol–water partition coefficient (Wildman–Crippen LogP) is 0.870. The lowest BCUT2D eigenvalue weighted by Crippen LogP contribution is -2.32. The Balaban J connectivity index is 1.87. The summed E-state index contributed by atoms with van der Waals surface area (Å²) in [6, 6.07) is 6.36. The number of para-hydroxylation sites is 2. The van der Waals surface area contributed by atoms with Crippen LogP contribution in [0.25, 0.3) is 0 Å². The third-order valence-corrected chi connectivity index (χ3v) is 2.90. The van der Waals surface area contributed by atoms with Crippen LogP contribution < -0.4 is 5.32 Å². The number of phenols is 1. The molecule has 1 fully saturated rings. The Kier molecular flexibility index (Phi) is 3.79. The first-order chi connectivity index (χ1) is 9.08. The molecule has 2 rings (SSSR count). The zero-order valence-corrected chi connectivity index (χ0v) is 10.3. The van der Waals surface area contributed by atoms with Crippen molar-refractivity contribution < 1.29 is 19.5 Å². The van der Waals surface area contributed by atoms with Gasteiger partial charge >= 0.3 is 0 Å². The van der Waals surface area contributed by atoms with Crippen LogP contribution in [0, 0.1) is 0 Å². The SMILES string of the molecule is O=C(CCN1C(=O)CCC1=O)Nc1ccccc1O. The summed E-state index contributed by atoms with van der Waals surface area (Å²) in [5.41, 5.74) is 0.312. The van der Waals surface area contributed by atoms with E-state index in [-0.39, 0.29) is 49.3 Å². The third kappa shape index (κ3) is 3.09. The van der Waals surface area contributed by atoms with E-state index in [0.717, 1.165) is 4.90 Å². The van der Waals surface area contributed by atoms with E-state index in [0.29, 0.717) is 5.69 Å². The number of phenolic OH excluding ortho intramolecular Hbond substituents is 1. The van der Waals surface area contributed by atoms with Gasteiger partial charge in [-0.05, 0) is 12.1 Å². The average molecular weight is 262 g/mol. The van der Waals surface area contributed by atoms with E-state index < -0.39 is 0 Å². The average Bonchev–Trinajstić information content (AvgIpc) is 2.70. The molecule has 1 saturated heterocycles. The zero-order valence-electron chi connectivity index (χ0n) is 10.3. The third-order valence-electron chi connectivity index (χ3n) is 2.90. The number of imide groups is 1. The highest BCUT2D eigenvalue weighted by Gasteiger charge is 2.28. The molecule has 3 amide bonds. The Hall–Kier alpha value is -2.37. The molecular formula is C13H14N2O4. The maximum absolute atomic E-state index is 11.7. The second-order valence-corrected chi connectivity index (χ2v) is 4.25. The number of carbonyl (C=O) groups is 3. The molecular weight excluding hydrogens is 248 g/mol. The van der Waals surface area contributed by atoms with E-state index in [1.54, 1.807) is 18.2 Å². The lowest BCUT2D eigenvalue weighted by atomic mass is 10.2. The van der Waals surface area contributed by atoms with Crippen LogP contribution in [0.1, 0.15) is 19.3 Å². The van der Waals surface area contributed by atoms with Crippen molar-refractivity contribution >= 4 is 23.4 Å². The van der Waals surface area contributed by atoms with Gasteiger partial charge in [-0.1, -0.05) is 12.1 Å². The van der Waals surface area contributed by atoms with E-state index in [1.165, 1.54) is 6.07 Å². The fourth-order valence-electron chi connectivity index (χ4n) is 1.88. The number of likely N-dealkylation sites (tertiary alicyclic amines) is 1. The number of amides is 3. The molecule has 0 atom stereocenters. The molecule has 0 bridgehead atoms. The first-order valence-electron chi connectivity index (χ1n) is 5.99. The number of carbonyl (C=O) groups excluding carboxylic acids is 3. The Morgan fingerprint density at radius 1 is 1.21 bits per heavy atom. The molecule has 0 radical (unpaired) electrons. The van der Waals surface area contributed by atoms with Gasteiger partial charge in [0.2, 0.25) is 17.7 Å². The normalized spacial score (nSPS) is 14.8. The van der Waals surface area contributed by atoms with Crippen molar-refractivity contribution in [2.45, 2.75) is 19.3 Å². The molecule has 6 heteroatoms. The predicted molar refractivity (Wildman–Crippen MR) is 67.3 cm³/mol. The van der Waals surface area contributed by atoms with Gasteiger partial charge in [0.05, 0.1) is 5.69 Å². The molecule has 6 nitrogen and oxygen atoms in total. The van der Waals surface area contributed by atoms with Gasteiger partial charge in [0.25, 0.3) is 0 Å². The number of benzene rings is 1. The standard InChI is InChI=1S/C13H14N2O4/c16-10-4-2-1-3-9(10)14-11(17)7-8-15-12(18)5-6-13(15)19/h1-4,16H,5-8H2,(H,14,17). The smallest absolute Gasteiger partial charge is 0.229 e. The first-order valence-corrected chi connectivity index (χ1v) is 5.99. The number of nitrogens with zero attached hydrogens (tertiary/aromatic N) is 1. The van der Waals surface area contributed by atoms with Crippen LogP contribution in [0.2, 0.25) is 0 Å². The van der Waals surface area contributed by atoms with Gasteiger partial charge < -0.3 is 10.4 Å². The Bertz CT molecular complexity index is 511. The summed E-state index contributed by atoms with van der Waals surface area (Å²) in [4.78, 5) is 35.5. The van der Waals surface area contributed by atoms with Crippen molar-refractivity contribution in [3.8, 4) is 5.75 Å². The summed E-state index contributed by atoms with van der Waals surface area (Å²) in [7, 11) is 0. The minimum atomic E-state index is -0.353. The molecule has 0 aliphatic carbocycles. The summed E-state index contributed by atoms with van der Waals surface area (Å²) in [5.74, 6) is -0.848. The van der Waals surface area contributed by atoms with Crippen molar-refractivity contribution in [1.82, 2.24) is 4.90 Å². The maximum Gasteiger partial charge on any atom is 0.229 e. The molecule has 1 aromatic carbocycles. The van der Waals surface area contributed by atoms with E-state index in [1.807, 2.05) is 0 Å². The topological polar surface area (TPSA) is 86.7 Å². The van der Waals surface area contributed by atoms with Gasteiger partial charge in [0.1, 0.15) is 5.75 Å². The highest BCUT2D eigenvalue weighted by Crippen LogP contribution is 2.21. The molecule has 1 heterocycles. The lowest BCUT2D eigenvalue weighted by molar-refractivity contribution is -0.138. The number of aromatic hydroxyl groups is 1. The van der Waals surface area contributed by atoms with Crippen LogP contribution in [0.5, 0.6) is 5.75 Å². The second-order valence-electron chi connectivity index (χ2n) is 4.25. The van der Waals surface area contributed by atoms with E-state index in [2.05, 4.69) is 5.32 Å². The zero-order chi connectivity index (χ0) is 13.8. The fourth-order valence-corrected chi connectivity index (χ4v) is 1.88. The maximum atomic E-state index is 11.7. The highest BCUT2D eigenvalue weighted by atomic mass is 16.3. The molecule has 1 aliphatic rings. The number of hydrogen-bond acceptors (Lipinski definition) is 4. The molecule has 0 unspecified atom stereocenters. The Labute approximate surface area is 110 Å². The van der Waals surface area contributed by atoms with Gasteiger partial charge in [-0.15, -0.1) is 0 Å². The van der Waals surface area contributed by atoms with Gasteiger partial charge in [-0.2, -0.15) is 0 Å². The molecule has 0 saturated carbocycles. The Morgan fingerprint density at radius 3 is 2.47 bits per heavy atom. The first kappa shape index (κ1) is 13.1. The molecule has 1 aromatic rings. The molecule has 0 aromatic heterocycles. The minimum Gasteiger partial charge on any atom is -0.506 e. The minimum absolute atomic E-state index is 0.0197. The number of anilines is 1. The van der Waals surface area contributed by atoms with Crippen molar-refractivity contribution in [2.75, 3.05) is 11.9 Å². The molecule has 19 heavy (non-hydrogen) atoms. The van der Waals surface area contributed by atoms with Crippen LogP contribution in [0.4, 0.5) is 5.69 Å². The molecule has 0 spiro atoms. The Morgan fingerprint density at radius 2 is 1.84 bits per heavy atom. The van der Waals surface area contributed by atoms with E-state index >= 15 is 0 Å². The van der Waals surface area contributed by atoms with Crippen LogP contribution in [-0.4, -0.2) is 34.3 Å². The van der Waals surface area contributed by atoms with Crippen molar-refractivity contribution in [3.05, 3.63) is 24.3 Å². The molecule has 1 aliphatic heterocycles. The van der Waals surface area contributed by atoms with E-state index in [4.69, 9.17) is 0 Å². The second kappa shape index (κ2) is 5.51. The summed E-state index contributed by atoms with van der Waals surface area (Å²) in [6.07, 6.45) is 0.464. The fraction of sp³-hybridized carbons (Fsp3) is 0.308. The van der Waals surface area contributed by atoms with Gasteiger partial charge in [0.15, 0.2) is 0 Å². The van der Waals surface area contributed by atoms with Crippen LogP contribution in [0.15, 0.2) is 24.3 Å². The van der Waals surface area contributed by atoms with Crippen LogP contribution in [-0.2, 0) is 14.4 Å². The summed E-state index contributed by atoms with van der Waals surface area (Å²) in [6.45, 7) is 0.0805. The van der Waals surface area contributed by atoms with Crippen molar-refractivity contribution in [2.24, 2.45) is 0 Å². The lowest BCUT2D eigenvalue weighted by Gasteiger charge is -2.13. The summed E-state index contributed by atoms with van der Waals surface area (Å²) < 4.78 is 0. The van der Waals surface area contributed by atoms with Crippen molar-refractivity contribution in [3.63, 3.8) is 0 Å². The van der Waals surface area contributed by atoms with Crippen LogP contribution >= 0.6 is 0 Å². The summed E-state index contributed by atoms with van der Waals surface area (Å²) >= 11 is 0. The quantitative estimate of drug-likeness (QED) is 0.622. The van der Waals surface area contributed by atoms with Crippen molar-refractivity contribution in [1.29, 1.82) is 0 Å².